The molecule has 0 saturated carbocycles. The van der Waals surface area contributed by atoms with Gasteiger partial charge in [-0.2, -0.15) is 0 Å². The number of nitrogens with zero attached hydrogens (tertiary/aromatic N) is 1. The molecule has 26 heavy (non-hydrogen) atoms. The number of nitro groups is 1. The van der Waals surface area contributed by atoms with Crippen molar-refractivity contribution < 1.29 is 23.6 Å². The maximum absolute atomic E-state index is 13.2. The molecule has 136 valence electrons. The summed E-state index contributed by atoms with van der Waals surface area (Å²) in [6, 6.07) is 10.4. The molecule has 0 bridgehead atoms. The van der Waals surface area contributed by atoms with Crippen LogP contribution in [0.4, 0.5) is 10.1 Å². The number of carbonyl (C=O) groups excluding carboxylic acids is 2. The first kappa shape index (κ1) is 19.0. The van der Waals surface area contributed by atoms with Crippen LogP contribution in [0.15, 0.2) is 48.5 Å². The van der Waals surface area contributed by atoms with E-state index < -0.39 is 28.7 Å². The first-order chi connectivity index (χ1) is 12.4. The van der Waals surface area contributed by atoms with Crippen molar-refractivity contribution in [3.05, 3.63) is 75.6 Å². The van der Waals surface area contributed by atoms with Crippen molar-refractivity contribution in [2.45, 2.75) is 18.9 Å². The summed E-state index contributed by atoms with van der Waals surface area (Å²) in [6.07, 6.45) is -0.235. The van der Waals surface area contributed by atoms with Crippen molar-refractivity contribution in [2.75, 3.05) is 7.11 Å². The second-order valence-corrected chi connectivity index (χ2v) is 5.54. The van der Waals surface area contributed by atoms with Gasteiger partial charge in [-0.25, -0.2) is 9.18 Å². The normalized spacial score (nSPS) is 11.5. The Kier molecular flexibility index (Phi) is 6.37. The SMILES string of the molecule is COC(=O)[C@@H](Cc1ccccc1[N+](=O)[O-])NC(=O)Cc1cccc(F)c1. The quantitative estimate of drug-likeness (QED) is 0.464. The maximum atomic E-state index is 13.2. The molecule has 0 aromatic heterocycles. The minimum atomic E-state index is -1.10. The first-order valence-electron chi connectivity index (χ1n) is 7.74. The Labute approximate surface area is 148 Å². The fourth-order valence-corrected chi connectivity index (χ4v) is 2.49. The highest BCUT2D eigenvalue weighted by Gasteiger charge is 2.25. The van der Waals surface area contributed by atoms with Crippen molar-refractivity contribution in [1.82, 2.24) is 5.32 Å². The van der Waals surface area contributed by atoms with Crippen LogP contribution in [0.5, 0.6) is 0 Å². The molecule has 2 rings (SSSR count). The van der Waals surface area contributed by atoms with Crippen molar-refractivity contribution in [2.24, 2.45) is 0 Å². The largest absolute Gasteiger partial charge is 0.467 e. The number of benzene rings is 2. The van der Waals surface area contributed by atoms with Gasteiger partial charge in [0.05, 0.1) is 18.5 Å². The number of methoxy groups -OCH3 is 1. The molecule has 1 N–H and O–H groups in total. The molecule has 0 aliphatic carbocycles. The maximum Gasteiger partial charge on any atom is 0.328 e. The lowest BCUT2D eigenvalue weighted by molar-refractivity contribution is -0.385. The third-order valence-corrected chi connectivity index (χ3v) is 3.69. The molecule has 0 aliphatic heterocycles. The van der Waals surface area contributed by atoms with Gasteiger partial charge in [0.15, 0.2) is 0 Å². The molecule has 0 aliphatic rings. The molecular formula is C18H17FN2O5. The van der Waals surface area contributed by atoms with Crippen LogP contribution in [0, 0.1) is 15.9 Å². The number of esters is 1. The molecule has 0 fully saturated rings. The van der Waals surface area contributed by atoms with Crippen LogP contribution < -0.4 is 5.32 Å². The monoisotopic (exact) mass is 360 g/mol. The van der Waals surface area contributed by atoms with E-state index in [1.165, 1.54) is 36.4 Å². The van der Waals surface area contributed by atoms with Gasteiger partial charge in [-0.15, -0.1) is 0 Å². The molecule has 7 nitrogen and oxygen atoms in total. The Morgan fingerprint density at radius 3 is 2.62 bits per heavy atom. The molecule has 1 atom stereocenters. The summed E-state index contributed by atoms with van der Waals surface area (Å²) in [5.41, 5.74) is 0.580. The van der Waals surface area contributed by atoms with E-state index in [-0.39, 0.29) is 18.5 Å². The Hall–Kier alpha value is -3.29. The predicted molar refractivity (Wildman–Crippen MR) is 90.9 cm³/mol. The smallest absolute Gasteiger partial charge is 0.328 e. The van der Waals surface area contributed by atoms with Gasteiger partial charge >= 0.3 is 5.97 Å². The van der Waals surface area contributed by atoms with Gasteiger partial charge in [-0.3, -0.25) is 14.9 Å². The van der Waals surface area contributed by atoms with Crippen LogP contribution in [-0.2, 0) is 27.2 Å². The van der Waals surface area contributed by atoms with Gasteiger partial charge in [-0.05, 0) is 17.7 Å². The number of ether oxygens (including phenoxy) is 1. The zero-order chi connectivity index (χ0) is 19.1. The van der Waals surface area contributed by atoms with E-state index >= 15 is 0 Å². The lowest BCUT2D eigenvalue weighted by Gasteiger charge is -2.16. The van der Waals surface area contributed by atoms with Crippen LogP contribution in [0.3, 0.4) is 0 Å². The van der Waals surface area contributed by atoms with E-state index in [1.54, 1.807) is 12.1 Å². The summed E-state index contributed by atoms with van der Waals surface area (Å²) in [6.45, 7) is 0. The molecule has 1 amide bonds. The highest BCUT2D eigenvalue weighted by Crippen LogP contribution is 2.19. The van der Waals surface area contributed by atoms with Crippen molar-refractivity contribution >= 4 is 17.6 Å². The second-order valence-electron chi connectivity index (χ2n) is 5.54. The number of nitrogens with one attached hydrogen (secondary N) is 1. The number of halogens is 1. The molecule has 0 heterocycles. The topological polar surface area (TPSA) is 98.5 Å². The van der Waals surface area contributed by atoms with E-state index in [9.17, 15) is 24.1 Å². The number of rotatable bonds is 7. The van der Waals surface area contributed by atoms with Gasteiger partial charge in [0.2, 0.25) is 5.91 Å². The number of hydrogen-bond acceptors (Lipinski definition) is 5. The second kappa shape index (κ2) is 8.70. The fourth-order valence-electron chi connectivity index (χ4n) is 2.49. The predicted octanol–water partition coefficient (Wildman–Crippen LogP) is 2.18. The van der Waals surface area contributed by atoms with E-state index in [0.29, 0.717) is 11.1 Å². The van der Waals surface area contributed by atoms with Crippen molar-refractivity contribution in [1.29, 1.82) is 0 Å². The van der Waals surface area contributed by atoms with Gasteiger partial charge < -0.3 is 10.1 Å². The van der Waals surface area contributed by atoms with Crippen LogP contribution in [0.1, 0.15) is 11.1 Å². The Bertz CT molecular complexity index is 825. The van der Waals surface area contributed by atoms with Crippen LogP contribution in [0.25, 0.3) is 0 Å². The van der Waals surface area contributed by atoms with Crippen LogP contribution >= 0.6 is 0 Å². The van der Waals surface area contributed by atoms with Crippen molar-refractivity contribution in [3.8, 4) is 0 Å². The summed E-state index contributed by atoms with van der Waals surface area (Å²) in [5, 5.41) is 13.6. The highest BCUT2D eigenvalue weighted by molar-refractivity contribution is 5.86. The van der Waals surface area contributed by atoms with E-state index in [1.807, 2.05) is 0 Å². The van der Waals surface area contributed by atoms with Gasteiger partial charge in [0.1, 0.15) is 11.9 Å². The molecule has 8 heteroatoms. The third kappa shape index (κ3) is 5.10. The Morgan fingerprint density at radius 1 is 1.23 bits per heavy atom. The average Bonchev–Trinajstić information content (AvgIpc) is 2.60. The summed E-state index contributed by atoms with van der Waals surface area (Å²) < 4.78 is 17.9. The number of nitro benzene ring substituents is 1. The number of para-hydroxylation sites is 1. The number of amides is 1. The molecule has 2 aromatic rings. The minimum Gasteiger partial charge on any atom is -0.467 e. The van der Waals surface area contributed by atoms with E-state index in [2.05, 4.69) is 10.1 Å². The lowest BCUT2D eigenvalue weighted by atomic mass is 10.0. The zero-order valence-corrected chi connectivity index (χ0v) is 14.0. The van der Waals surface area contributed by atoms with E-state index in [0.717, 1.165) is 7.11 Å². The minimum absolute atomic E-state index is 0.0985. The van der Waals surface area contributed by atoms with Crippen molar-refractivity contribution in [3.63, 3.8) is 0 Å². The van der Waals surface area contributed by atoms with E-state index in [4.69, 9.17) is 0 Å². The standard InChI is InChI=1S/C18H17FN2O5/c1-26-18(23)15(11-13-6-2-3-8-16(13)21(24)25)20-17(22)10-12-5-4-7-14(19)9-12/h2-9,15H,10-11H2,1H3,(H,20,22)/t15-/m1/s1. The molecule has 0 radical (unpaired) electrons. The Balaban J connectivity index is 2.14. The third-order valence-electron chi connectivity index (χ3n) is 3.69. The molecule has 0 saturated heterocycles. The van der Waals surface area contributed by atoms with Crippen LogP contribution in [0.2, 0.25) is 0 Å². The van der Waals surface area contributed by atoms with Gasteiger partial charge in [-0.1, -0.05) is 30.3 Å². The Morgan fingerprint density at radius 2 is 1.96 bits per heavy atom. The number of carbonyl (C=O) groups is 2. The average molecular weight is 360 g/mol. The highest BCUT2D eigenvalue weighted by atomic mass is 19.1. The summed E-state index contributed by atoms with van der Waals surface area (Å²) in [4.78, 5) is 34.7. The first-order valence-corrected chi connectivity index (χ1v) is 7.74. The number of hydrogen-bond donors (Lipinski definition) is 1. The molecule has 0 spiro atoms. The summed E-state index contributed by atoms with van der Waals surface area (Å²) >= 11 is 0. The lowest BCUT2D eigenvalue weighted by Crippen LogP contribution is -2.43. The molecule has 2 aromatic carbocycles. The molecular weight excluding hydrogens is 343 g/mol. The van der Waals surface area contributed by atoms with Crippen LogP contribution in [-0.4, -0.2) is 30.0 Å². The zero-order valence-electron chi connectivity index (χ0n) is 14.0. The van der Waals surface area contributed by atoms with Gasteiger partial charge in [0.25, 0.3) is 5.69 Å². The van der Waals surface area contributed by atoms with Gasteiger partial charge in [0, 0.05) is 18.1 Å². The fraction of sp³-hybridized carbons (Fsp3) is 0.222. The summed E-state index contributed by atoms with van der Waals surface area (Å²) in [7, 11) is 1.16. The molecule has 0 unspecified atom stereocenters. The summed E-state index contributed by atoms with van der Waals surface area (Å²) in [5.74, 6) is -1.72.